The Hall–Kier alpha value is -1.99. The van der Waals surface area contributed by atoms with Crippen molar-refractivity contribution in [2.75, 3.05) is 12.4 Å². The molecule has 1 N–H and O–H groups in total. The number of hydrogen-bond donors (Lipinski definition) is 1. The molecule has 0 fully saturated rings. The van der Waals surface area contributed by atoms with Crippen molar-refractivity contribution in [3.05, 3.63) is 34.5 Å². The minimum Gasteiger partial charge on any atom is -0.481 e. The smallest absolute Gasteiger partial charge is 0.278 e. The van der Waals surface area contributed by atoms with Gasteiger partial charge in [-0.05, 0) is 0 Å². The van der Waals surface area contributed by atoms with Crippen molar-refractivity contribution >= 4 is 35.1 Å². The van der Waals surface area contributed by atoms with Gasteiger partial charge in [0.1, 0.15) is 16.0 Å². The molecule has 9 heteroatoms. The van der Waals surface area contributed by atoms with E-state index in [9.17, 15) is 4.79 Å². The third-order valence-corrected chi connectivity index (χ3v) is 2.35. The predicted molar refractivity (Wildman–Crippen MR) is 68.6 cm³/mol. The number of carbonyl (C=O) groups is 1. The topological polar surface area (TPSA) is 89.9 Å². The van der Waals surface area contributed by atoms with Gasteiger partial charge >= 0.3 is 0 Å². The molecule has 0 saturated heterocycles. The molecule has 1 amide bonds. The van der Waals surface area contributed by atoms with Crippen molar-refractivity contribution in [2.24, 2.45) is 0 Å². The first kappa shape index (κ1) is 13.4. The molecule has 19 heavy (non-hydrogen) atoms. The molecule has 2 aromatic heterocycles. The zero-order valence-electron chi connectivity index (χ0n) is 9.59. The number of amides is 1. The third-order valence-electron chi connectivity index (χ3n) is 1.96. The molecule has 0 bridgehead atoms. The van der Waals surface area contributed by atoms with Crippen molar-refractivity contribution in [2.45, 2.75) is 0 Å². The Morgan fingerprint density at radius 1 is 1.21 bits per heavy atom. The van der Waals surface area contributed by atoms with Crippen LogP contribution in [-0.2, 0) is 0 Å². The fourth-order valence-corrected chi connectivity index (χ4v) is 1.42. The second-order valence-electron chi connectivity index (χ2n) is 3.24. The van der Waals surface area contributed by atoms with Crippen molar-refractivity contribution < 1.29 is 9.53 Å². The van der Waals surface area contributed by atoms with Gasteiger partial charge in [-0.3, -0.25) is 10.1 Å². The number of anilines is 1. The fourth-order valence-electron chi connectivity index (χ4n) is 1.15. The number of nitrogens with one attached hydrogen (secondary N) is 1. The summed E-state index contributed by atoms with van der Waals surface area (Å²) in [5.41, 5.74) is 0.0759. The first-order valence-electron chi connectivity index (χ1n) is 4.96. The normalized spacial score (nSPS) is 10.1. The summed E-state index contributed by atoms with van der Waals surface area (Å²) in [5, 5.41) is 2.76. The van der Waals surface area contributed by atoms with Crippen molar-refractivity contribution in [1.82, 2.24) is 19.9 Å². The van der Waals surface area contributed by atoms with Crippen LogP contribution in [0.25, 0.3) is 0 Å². The van der Waals surface area contributed by atoms with Crippen molar-refractivity contribution in [1.29, 1.82) is 0 Å². The van der Waals surface area contributed by atoms with Crippen LogP contribution in [0.3, 0.4) is 0 Å². The highest BCUT2D eigenvalue weighted by molar-refractivity contribution is 6.29. The quantitative estimate of drug-likeness (QED) is 0.870. The maximum Gasteiger partial charge on any atom is 0.278 e. The summed E-state index contributed by atoms with van der Waals surface area (Å²) in [4.78, 5) is 27.1. The van der Waals surface area contributed by atoms with E-state index in [-0.39, 0.29) is 27.8 Å². The minimum atomic E-state index is -0.534. The van der Waals surface area contributed by atoms with Gasteiger partial charge in [-0.1, -0.05) is 23.2 Å². The van der Waals surface area contributed by atoms with E-state index in [1.54, 1.807) is 0 Å². The van der Waals surface area contributed by atoms with Crippen LogP contribution in [0, 0.1) is 0 Å². The number of carbonyl (C=O) groups excluding carboxylic acids is 1. The van der Waals surface area contributed by atoms with Gasteiger partial charge in [0.25, 0.3) is 5.91 Å². The molecule has 0 aliphatic heterocycles. The SMILES string of the molecule is COc1cc(Cl)nc(NC(=O)c2cnc(Cl)cn2)n1. The monoisotopic (exact) mass is 299 g/mol. The van der Waals surface area contributed by atoms with Gasteiger partial charge in [0.15, 0.2) is 0 Å². The molecule has 0 saturated carbocycles. The number of ether oxygens (including phenoxy) is 1. The summed E-state index contributed by atoms with van der Waals surface area (Å²) in [6.45, 7) is 0. The summed E-state index contributed by atoms with van der Waals surface area (Å²) in [5.74, 6) is -0.294. The summed E-state index contributed by atoms with van der Waals surface area (Å²) >= 11 is 11.3. The summed E-state index contributed by atoms with van der Waals surface area (Å²) < 4.78 is 4.91. The summed E-state index contributed by atoms with van der Waals surface area (Å²) in [6, 6.07) is 1.42. The highest BCUT2D eigenvalue weighted by Crippen LogP contribution is 2.16. The Morgan fingerprint density at radius 2 is 2.00 bits per heavy atom. The lowest BCUT2D eigenvalue weighted by Gasteiger charge is -2.05. The zero-order valence-corrected chi connectivity index (χ0v) is 11.1. The highest BCUT2D eigenvalue weighted by atomic mass is 35.5. The van der Waals surface area contributed by atoms with Gasteiger partial charge in [0.2, 0.25) is 11.8 Å². The number of rotatable bonds is 3. The third kappa shape index (κ3) is 3.49. The van der Waals surface area contributed by atoms with E-state index in [4.69, 9.17) is 27.9 Å². The van der Waals surface area contributed by atoms with Crippen molar-refractivity contribution in [3.63, 3.8) is 0 Å². The molecule has 7 nitrogen and oxygen atoms in total. The van der Waals surface area contributed by atoms with Gasteiger partial charge in [0.05, 0.1) is 19.5 Å². The standard InChI is InChI=1S/C10H7Cl2N5O2/c1-19-8-2-6(11)15-10(16-8)17-9(18)5-3-14-7(12)4-13-5/h2-4H,1H3,(H,15,16,17,18). The number of nitrogens with zero attached hydrogens (tertiary/aromatic N) is 4. The Morgan fingerprint density at radius 3 is 2.63 bits per heavy atom. The van der Waals surface area contributed by atoms with E-state index in [0.717, 1.165) is 0 Å². The van der Waals surface area contributed by atoms with Crippen molar-refractivity contribution in [3.8, 4) is 5.88 Å². The molecule has 98 valence electrons. The van der Waals surface area contributed by atoms with E-state index < -0.39 is 5.91 Å². The average molecular weight is 300 g/mol. The highest BCUT2D eigenvalue weighted by Gasteiger charge is 2.11. The lowest BCUT2D eigenvalue weighted by molar-refractivity contribution is 0.102. The van der Waals surface area contributed by atoms with Gasteiger partial charge in [-0.15, -0.1) is 0 Å². The molecule has 0 radical (unpaired) electrons. The number of methoxy groups -OCH3 is 1. The van der Waals surface area contributed by atoms with Crippen LogP contribution in [0.2, 0.25) is 10.3 Å². The largest absolute Gasteiger partial charge is 0.481 e. The fraction of sp³-hybridized carbons (Fsp3) is 0.100. The Bertz CT molecular complexity index is 605. The molecule has 2 rings (SSSR count). The van der Waals surface area contributed by atoms with Gasteiger partial charge in [-0.25, -0.2) is 15.0 Å². The summed E-state index contributed by atoms with van der Waals surface area (Å²) in [7, 11) is 1.43. The van der Waals surface area contributed by atoms with E-state index in [1.807, 2.05) is 0 Å². The second-order valence-corrected chi connectivity index (χ2v) is 4.01. The average Bonchev–Trinajstić information content (AvgIpc) is 2.38. The molecule has 0 aliphatic rings. The number of halogens is 2. The first-order chi connectivity index (χ1) is 9.08. The van der Waals surface area contributed by atoms with Gasteiger partial charge < -0.3 is 4.74 Å². The van der Waals surface area contributed by atoms with Crippen LogP contribution >= 0.6 is 23.2 Å². The lowest BCUT2D eigenvalue weighted by Crippen LogP contribution is -2.16. The van der Waals surface area contributed by atoms with Crippen LogP contribution in [-0.4, -0.2) is 33.0 Å². The maximum absolute atomic E-state index is 11.8. The molecule has 0 unspecified atom stereocenters. The molecule has 0 atom stereocenters. The molecular weight excluding hydrogens is 293 g/mol. The zero-order chi connectivity index (χ0) is 13.8. The van der Waals surface area contributed by atoms with Crippen LogP contribution in [0.1, 0.15) is 10.5 Å². The van der Waals surface area contributed by atoms with Crippen LogP contribution in [0.5, 0.6) is 5.88 Å². The van der Waals surface area contributed by atoms with Crippen LogP contribution < -0.4 is 10.1 Å². The predicted octanol–water partition coefficient (Wildman–Crippen LogP) is 1.83. The van der Waals surface area contributed by atoms with Gasteiger partial charge in [-0.2, -0.15) is 4.98 Å². The summed E-state index contributed by atoms with van der Waals surface area (Å²) in [6.07, 6.45) is 2.50. The molecule has 0 spiro atoms. The molecular formula is C10H7Cl2N5O2. The Balaban J connectivity index is 2.18. The van der Waals surface area contributed by atoms with Crippen LogP contribution in [0.15, 0.2) is 18.5 Å². The number of aromatic nitrogens is 4. The van der Waals surface area contributed by atoms with Crippen LogP contribution in [0.4, 0.5) is 5.95 Å². The molecule has 2 heterocycles. The maximum atomic E-state index is 11.8. The number of hydrogen-bond acceptors (Lipinski definition) is 6. The van der Waals surface area contributed by atoms with E-state index in [1.165, 1.54) is 25.6 Å². The Kier molecular flexibility index (Phi) is 4.08. The lowest BCUT2D eigenvalue weighted by atomic mass is 10.4. The Labute approximate surface area is 118 Å². The van der Waals surface area contributed by atoms with Gasteiger partial charge in [0, 0.05) is 6.07 Å². The van der Waals surface area contributed by atoms with E-state index in [2.05, 4.69) is 25.3 Å². The first-order valence-corrected chi connectivity index (χ1v) is 5.71. The molecule has 0 aliphatic carbocycles. The molecule has 2 aromatic rings. The van der Waals surface area contributed by atoms with E-state index >= 15 is 0 Å². The second kappa shape index (κ2) is 5.77. The minimum absolute atomic E-state index is 0.00565. The molecule has 0 aromatic carbocycles. The van der Waals surface area contributed by atoms with E-state index in [0.29, 0.717) is 0 Å².